The molecule has 17 heavy (non-hydrogen) atoms. The van der Waals surface area contributed by atoms with Gasteiger partial charge in [-0.1, -0.05) is 37.6 Å². The zero-order valence-corrected chi connectivity index (χ0v) is 11.5. The van der Waals surface area contributed by atoms with Crippen molar-refractivity contribution in [1.29, 1.82) is 0 Å². The molecular formula is C12H16ClNO2S. The maximum absolute atomic E-state index is 12.1. The van der Waals surface area contributed by atoms with E-state index in [0.717, 1.165) is 12.1 Å². The van der Waals surface area contributed by atoms with E-state index in [2.05, 4.69) is 5.32 Å². The smallest absolute Gasteiger partial charge is 0.180 e. The Kier molecular flexibility index (Phi) is 3.48. The number of hydrogen-bond acceptors (Lipinski definition) is 3. The van der Waals surface area contributed by atoms with Gasteiger partial charge < -0.3 is 5.32 Å². The SMILES string of the molecule is CCNC1c2cccc(Cl)c2S(=O)(=O)CC1C. The molecule has 1 aromatic rings. The van der Waals surface area contributed by atoms with E-state index in [9.17, 15) is 8.42 Å². The molecule has 0 aromatic heterocycles. The molecule has 0 fully saturated rings. The average Bonchev–Trinajstić information content (AvgIpc) is 2.22. The van der Waals surface area contributed by atoms with Gasteiger partial charge in [-0.3, -0.25) is 0 Å². The molecule has 0 spiro atoms. The van der Waals surface area contributed by atoms with Crippen LogP contribution >= 0.6 is 11.6 Å². The summed E-state index contributed by atoms with van der Waals surface area (Å²) in [7, 11) is -3.25. The second-order valence-corrected chi connectivity index (χ2v) is 6.83. The van der Waals surface area contributed by atoms with Crippen molar-refractivity contribution in [2.24, 2.45) is 5.92 Å². The third-order valence-electron chi connectivity index (χ3n) is 3.12. The van der Waals surface area contributed by atoms with E-state index in [1.54, 1.807) is 12.1 Å². The zero-order chi connectivity index (χ0) is 12.6. The Morgan fingerprint density at radius 2 is 2.18 bits per heavy atom. The van der Waals surface area contributed by atoms with Gasteiger partial charge in [-0.2, -0.15) is 0 Å². The maximum atomic E-state index is 12.1. The fourth-order valence-corrected chi connectivity index (χ4v) is 4.97. The van der Waals surface area contributed by atoms with Crippen molar-refractivity contribution in [1.82, 2.24) is 5.32 Å². The number of sulfone groups is 1. The molecule has 1 N–H and O–H groups in total. The molecule has 1 aliphatic heterocycles. The minimum absolute atomic E-state index is 0.0610. The quantitative estimate of drug-likeness (QED) is 0.900. The molecule has 1 aliphatic rings. The Bertz CT molecular complexity index is 527. The first-order valence-electron chi connectivity index (χ1n) is 5.72. The minimum Gasteiger partial charge on any atom is -0.310 e. The normalized spacial score (nSPS) is 26.5. The van der Waals surface area contributed by atoms with Gasteiger partial charge in [0.2, 0.25) is 0 Å². The van der Waals surface area contributed by atoms with Crippen LogP contribution in [0.5, 0.6) is 0 Å². The summed E-state index contributed by atoms with van der Waals surface area (Å²) in [5.74, 6) is 0.215. The van der Waals surface area contributed by atoms with E-state index in [4.69, 9.17) is 11.6 Å². The predicted molar refractivity (Wildman–Crippen MR) is 69.1 cm³/mol. The number of nitrogens with one attached hydrogen (secondary N) is 1. The molecule has 0 bridgehead atoms. The highest BCUT2D eigenvalue weighted by atomic mass is 35.5. The lowest BCUT2D eigenvalue weighted by atomic mass is 9.95. The number of fused-ring (bicyclic) bond motifs is 1. The van der Waals surface area contributed by atoms with E-state index in [-0.39, 0.29) is 17.7 Å². The van der Waals surface area contributed by atoms with Crippen LogP contribution in [0, 0.1) is 5.92 Å². The van der Waals surface area contributed by atoms with Gasteiger partial charge in [-0.25, -0.2) is 8.42 Å². The van der Waals surface area contributed by atoms with Crippen LogP contribution < -0.4 is 5.32 Å². The molecule has 2 rings (SSSR count). The molecule has 0 saturated carbocycles. The first kappa shape index (κ1) is 12.9. The number of rotatable bonds is 2. The fraction of sp³-hybridized carbons (Fsp3) is 0.500. The van der Waals surface area contributed by atoms with Crippen molar-refractivity contribution in [2.75, 3.05) is 12.3 Å². The van der Waals surface area contributed by atoms with Gasteiger partial charge >= 0.3 is 0 Å². The summed E-state index contributed by atoms with van der Waals surface area (Å²) in [6.07, 6.45) is 0. The lowest BCUT2D eigenvalue weighted by Crippen LogP contribution is -2.36. The molecule has 2 unspecified atom stereocenters. The third kappa shape index (κ3) is 2.21. The van der Waals surface area contributed by atoms with Crippen LogP contribution in [0.15, 0.2) is 23.1 Å². The van der Waals surface area contributed by atoms with Gasteiger partial charge in [-0.05, 0) is 24.1 Å². The molecule has 5 heteroatoms. The summed E-state index contributed by atoms with van der Waals surface area (Å²) in [6, 6.07) is 5.36. The number of hydrogen-bond donors (Lipinski definition) is 1. The summed E-state index contributed by atoms with van der Waals surface area (Å²) >= 11 is 6.03. The summed E-state index contributed by atoms with van der Waals surface area (Å²) in [5.41, 5.74) is 0.804. The number of halogens is 1. The van der Waals surface area contributed by atoms with E-state index < -0.39 is 9.84 Å². The van der Waals surface area contributed by atoms with Gasteiger partial charge in [0.05, 0.1) is 15.7 Å². The summed E-state index contributed by atoms with van der Waals surface area (Å²) < 4.78 is 24.3. The first-order valence-corrected chi connectivity index (χ1v) is 7.75. The Hall–Kier alpha value is -0.580. The van der Waals surface area contributed by atoms with Crippen LogP contribution in [0.25, 0.3) is 0 Å². The van der Waals surface area contributed by atoms with Crippen molar-refractivity contribution in [3.8, 4) is 0 Å². The molecule has 94 valence electrons. The standard InChI is InChI=1S/C12H16ClNO2S/c1-3-14-11-8(2)7-17(15,16)12-9(11)5-4-6-10(12)13/h4-6,8,11,14H,3,7H2,1-2H3. The average molecular weight is 274 g/mol. The topological polar surface area (TPSA) is 46.2 Å². The molecule has 0 amide bonds. The molecule has 2 atom stereocenters. The van der Waals surface area contributed by atoms with E-state index in [0.29, 0.717) is 9.92 Å². The Labute approximate surface area is 107 Å². The Morgan fingerprint density at radius 3 is 2.82 bits per heavy atom. The van der Waals surface area contributed by atoms with Gasteiger partial charge in [0, 0.05) is 6.04 Å². The molecule has 3 nitrogen and oxygen atoms in total. The van der Waals surface area contributed by atoms with E-state index in [1.807, 2.05) is 19.9 Å². The monoisotopic (exact) mass is 273 g/mol. The predicted octanol–water partition coefficient (Wildman–Crippen LogP) is 2.41. The van der Waals surface area contributed by atoms with Crippen LogP contribution in [0.1, 0.15) is 25.5 Å². The zero-order valence-electron chi connectivity index (χ0n) is 9.90. The highest BCUT2D eigenvalue weighted by molar-refractivity contribution is 7.91. The third-order valence-corrected chi connectivity index (χ3v) is 5.59. The van der Waals surface area contributed by atoms with Crippen molar-refractivity contribution >= 4 is 21.4 Å². The summed E-state index contributed by atoms with van der Waals surface area (Å²) in [5, 5.41) is 3.66. The highest BCUT2D eigenvalue weighted by Crippen LogP contribution is 2.39. The molecule has 0 saturated heterocycles. The lowest BCUT2D eigenvalue weighted by molar-refractivity contribution is 0.403. The summed E-state index contributed by atoms with van der Waals surface area (Å²) in [6.45, 7) is 4.77. The molecular weight excluding hydrogens is 258 g/mol. The Balaban J connectivity index is 2.63. The second-order valence-electron chi connectivity index (χ2n) is 4.45. The van der Waals surface area contributed by atoms with Crippen molar-refractivity contribution < 1.29 is 8.42 Å². The summed E-state index contributed by atoms with van der Waals surface area (Å²) in [4.78, 5) is 0.311. The van der Waals surface area contributed by atoms with E-state index >= 15 is 0 Å². The van der Waals surface area contributed by atoms with Crippen LogP contribution in [0.3, 0.4) is 0 Å². The molecule has 1 heterocycles. The van der Waals surface area contributed by atoms with Crippen LogP contribution in [-0.2, 0) is 9.84 Å². The van der Waals surface area contributed by atoms with Gasteiger partial charge in [0.25, 0.3) is 0 Å². The fourth-order valence-electron chi connectivity index (χ4n) is 2.46. The van der Waals surface area contributed by atoms with Crippen LogP contribution in [0.4, 0.5) is 0 Å². The highest BCUT2D eigenvalue weighted by Gasteiger charge is 2.36. The van der Waals surface area contributed by atoms with Gasteiger partial charge in [0.15, 0.2) is 9.84 Å². The minimum atomic E-state index is -3.25. The van der Waals surface area contributed by atoms with Crippen LogP contribution in [0.2, 0.25) is 5.02 Å². The van der Waals surface area contributed by atoms with E-state index in [1.165, 1.54) is 0 Å². The van der Waals surface area contributed by atoms with Crippen molar-refractivity contribution in [3.63, 3.8) is 0 Å². The number of benzene rings is 1. The Morgan fingerprint density at radius 1 is 1.47 bits per heavy atom. The largest absolute Gasteiger partial charge is 0.310 e. The maximum Gasteiger partial charge on any atom is 0.180 e. The first-order chi connectivity index (χ1) is 7.97. The molecule has 0 radical (unpaired) electrons. The van der Waals surface area contributed by atoms with Crippen LogP contribution in [-0.4, -0.2) is 20.7 Å². The van der Waals surface area contributed by atoms with Gasteiger partial charge in [-0.15, -0.1) is 0 Å². The lowest BCUT2D eigenvalue weighted by Gasteiger charge is -2.32. The van der Waals surface area contributed by atoms with Crippen molar-refractivity contribution in [2.45, 2.75) is 24.8 Å². The van der Waals surface area contributed by atoms with Crippen molar-refractivity contribution in [3.05, 3.63) is 28.8 Å². The van der Waals surface area contributed by atoms with Gasteiger partial charge in [0.1, 0.15) is 0 Å². The molecule has 0 aliphatic carbocycles. The molecule has 1 aromatic carbocycles. The second kappa shape index (κ2) is 4.59.